The lowest BCUT2D eigenvalue weighted by atomic mass is 10.1. The molecule has 1 aliphatic rings. The Labute approximate surface area is 104 Å². The maximum Gasteiger partial charge on any atom is 0.255 e. The zero-order chi connectivity index (χ0) is 13.4. The third kappa shape index (κ3) is 1.87. The minimum atomic E-state index is -0.774. The number of imide groups is 1. The van der Waals surface area contributed by atoms with E-state index in [4.69, 9.17) is 0 Å². The van der Waals surface area contributed by atoms with Gasteiger partial charge in [0.2, 0.25) is 5.91 Å². The number of aryl methyl sites for hydroxylation is 2. The molecule has 1 aliphatic heterocycles. The lowest BCUT2D eigenvalue weighted by molar-refractivity contribution is -0.137. The predicted octanol–water partition coefficient (Wildman–Crippen LogP) is -0.486. The summed E-state index contributed by atoms with van der Waals surface area (Å²) in [4.78, 5) is 36.0. The Balaban J connectivity index is 2.14. The average Bonchev–Trinajstić information content (AvgIpc) is 2.75. The number of rotatable bonds is 2. The van der Waals surface area contributed by atoms with Gasteiger partial charge in [-0.3, -0.25) is 24.4 Å². The molecule has 0 aliphatic carbocycles. The highest BCUT2D eigenvalue weighted by molar-refractivity contribution is 6.08. The molecular weight excluding hydrogens is 236 g/mol. The molecule has 1 saturated heterocycles. The smallest absolute Gasteiger partial charge is 0.255 e. The number of aromatic amines is 1. The molecule has 0 aromatic carbocycles. The van der Waals surface area contributed by atoms with Crippen LogP contribution in [0.3, 0.4) is 0 Å². The summed E-state index contributed by atoms with van der Waals surface area (Å²) in [6.45, 7) is 3.43. The highest BCUT2D eigenvalue weighted by Gasteiger charge is 2.37. The Morgan fingerprint density at radius 3 is 2.56 bits per heavy atom. The molecule has 18 heavy (non-hydrogen) atoms. The minimum absolute atomic E-state index is 0.0109. The SMILES string of the molecule is Cc1n[nH]c(C)c1C(=O)NC1CC(=O)N(C)C1=O. The van der Waals surface area contributed by atoms with Crippen molar-refractivity contribution in [2.75, 3.05) is 7.05 Å². The number of nitrogens with one attached hydrogen (secondary N) is 2. The van der Waals surface area contributed by atoms with Crippen molar-refractivity contribution >= 4 is 17.7 Å². The zero-order valence-electron chi connectivity index (χ0n) is 10.4. The number of aromatic nitrogens is 2. The number of H-pyrrole nitrogens is 1. The number of nitrogens with zero attached hydrogens (tertiary/aromatic N) is 2. The van der Waals surface area contributed by atoms with Crippen LogP contribution in [-0.4, -0.2) is 45.9 Å². The number of likely N-dealkylation sites (tertiary alicyclic amines) is 1. The number of hydrogen-bond acceptors (Lipinski definition) is 4. The van der Waals surface area contributed by atoms with Gasteiger partial charge in [-0.05, 0) is 13.8 Å². The molecule has 1 aromatic rings. The second kappa shape index (κ2) is 4.25. The summed E-state index contributed by atoms with van der Waals surface area (Å²) in [5, 5.41) is 9.17. The van der Waals surface area contributed by atoms with Gasteiger partial charge in [-0.1, -0.05) is 0 Å². The van der Waals surface area contributed by atoms with Crippen molar-refractivity contribution in [3.05, 3.63) is 17.0 Å². The number of hydrogen-bond donors (Lipinski definition) is 2. The highest BCUT2D eigenvalue weighted by atomic mass is 16.2. The second-order valence-electron chi connectivity index (χ2n) is 4.33. The van der Waals surface area contributed by atoms with E-state index in [-0.39, 0.29) is 24.1 Å². The van der Waals surface area contributed by atoms with E-state index < -0.39 is 6.04 Å². The first-order valence-corrected chi connectivity index (χ1v) is 5.54. The largest absolute Gasteiger partial charge is 0.340 e. The van der Waals surface area contributed by atoms with E-state index in [1.54, 1.807) is 13.8 Å². The van der Waals surface area contributed by atoms with E-state index >= 15 is 0 Å². The molecule has 1 fully saturated rings. The van der Waals surface area contributed by atoms with Crippen molar-refractivity contribution in [1.29, 1.82) is 0 Å². The van der Waals surface area contributed by atoms with Gasteiger partial charge in [-0.25, -0.2) is 0 Å². The summed E-state index contributed by atoms with van der Waals surface area (Å²) in [7, 11) is 1.41. The Bertz CT molecular complexity index is 515. The van der Waals surface area contributed by atoms with Gasteiger partial charge in [0.25, 0.3) is 11.8 Å². The van der Waals surface area contributed by atoms with Crippen LogP contribution in [0.1, 0.15) is 28.2 Å². The van der Waals surface area contributed by atoms with Gasteiger partial charge in [-0.15, -0.1) is 0 Å². The Morgan fingerprint density at radius 1 is 1.44 bits per heavy atom. The summed E-state index contributed by atoms with van der Waals surface area (Å²) < 4.78 is 0. The van der Waals surface area contributed by atoms with Crippen LogP contribution in [-0.2, 0) is 9.59 Å². The average molecular weight is 250 g/mol. The normalized spacial score (nSPS) is 19.5. The van der Waals surface area contributed by atoms with Crippen molar-refractivity contribution in [3.8, 4) is 0 Å². The molecule has 2 N–H and O–H groups in total. The first-order valence-electron chi connectivity index (χ1n) is 5.54. The molecule has 0 spiro atoms. The Morgan fingerprint density at radius 2 is 2.11 bits per heavy atom. The summed E-state index contributed by atoms with van der Waals surface area (Å²) in [5.41, 5.74) is 1.62. The number of carbonyl (C=O) groups is 3. The van der Waals surface area contributed by atoms with Crippen LogP contribution in [0.5, 0.6) is 0 Å². The third-order valence-electron chi connectivity index (χ3n) is 3.04. The van der Waals surface area contributed by atoms with Crippen LogP contribution in [0.15, 0.2) is 0 Å². The van der Waals surface area contributed by atoms with E-state index in [0.717, 1.165) is 4.90 Å². The van der Waals surface area contributed by atoms with E-state index in [2.05, 4.69) is 15.5 Å². The first kappa shape index (κ1) is 12.3. The zero-order valence-corrected chi connectivity index (χ0v) is 10.4. The topological polar surface area (TPSA) is 95.2 Å². The molecule has 7 heteroatoms. The van der Waals surface area contributed by atoms with Gasteiger partial charge in [0.05, 0.1) is 17.7 Å². The standard InChI is InChI=1S/C11H14N4O3/c1-5-9(6(2)14-13-5)10(17)12-7-4-8(16)15(3)11(7)18/h7H,4H2,1-3H3,(H,12,17)(H,13,14). The summed E-state index contributed by atoms with van der Waals surface area (Å²) >= 11 is 0. The Hall–Kier alpha value is -2.18. The number of amides is 3. The number of likely N-dealkylation sites (N-methyl/N-ethyl adjacent to an activating group) is 1. The van der Waals surface area contributed by atoms with Crippen LogP contribution < -0.4 is 5.32 Å². The van der Waals surface area contributed by atoms with E-state index in [1.807, 2.05) is 0 Å². The fourth-order valence-electron chi connectivity index (χ4n) is 1.98. The molecule has 0 radical (unpaired) electrons. The van der Waals surface area contributed by atoms with Gasteiger partial charge in [0.1, 0.15) is 6.04 Å². The number of carbonyl (C=O) groups excluding carboxylic acids is 3. The maximum atomic E-state index is 12.0. The van der Waals surface area contributed by atoms with Crippen LogP contribution in [0.2, 0.25) is 0 Å². The quantitative estimate of drug-likeness (QED) is 0.693. The molecule has 2 heterocycles. The molecule has 1 aromatic heterocycles. The van der Waals surface area contributed by atoms with Crippen LogP contribution in [0, 0.1) is 13.8 Å². The molecule has 1 unspecified atom stereocenters. The van der Waals surface area contributed by atoms with Crippen LogP contribution >= 0.6 is 0 Å². The highest BCUT2D eigenvalue weighted by Crippen LogP contribution is 2.13. The minimum Gasteiger partial charge on any atom is -0.340 e. The molecule has 2 rings (SSSR count). The lowest BCUT2D eigenvalue weighted by Crippen LogP contribution is -2.40. The van der Waals surface area contributed by atoms with Gasteiger partial charge in [0, 0.05) is 12.7 Å². The van der Waals surface area contributed by atoms with Crippen molar-refractivity contribution in [2.45, 2.75) is 26.3 Å². The predicted molar refractivity (Wildman–Crippen MR) is 61.7 cm³/mol. The van der Waals surface area contributed by atoms with Gasteiger partial charge in [0.15, 0.2) is 0 Å². The van der Waals surface area contributed by atoms with Gasteiger partial charge >= 0.3 is 0 Å². The Kier molecular flexibility index (Phi) is 2.90. The maximum absolute atomic E-state index is 12.0. The molecule has 7 nitrogen and oxygen atoms in total. The lowest BCUT2D eigenvalue weighted by Gasteiger charge is -2.11. The molecule has 1 atom stereocenters. The molecule has 3 amide bonds. The molecule has 96 valence electrons. The van der Waals surface area contributed by atoms with Crippen molar-refractivity contribution in [1.82, 2.24) is 20.4 Å². The molecular formula is C11H14N4O3. The van der Waals surface area contributed by atoms with Gasteiger partial charge in [-0.2, -0.15) is 5.10 Å². The second-order valence-corrected chi connectivity index (χ2v) is 4.33. The van der Waals surface area contributed by atoms with Crippen molar-refractivity contribution in [3.63, 3.8) is 0 Å². The van der Waals surface area contributed by atoms with Crippen LogP contribution in [0.4, 0.5) is 0 Å². The van der Waals surface area contributed by atoms with E-state index in [0.29, 0.717) is 17.0 Å². The molecule has 0 bridgehead atoms. The fourth-order valence-corrected chi connectivity index (χ4v) is 1.98. The van der Waals surface area contributed by atoms with Crippen molar-refractivity contribution in [2.24, 2.45) is 0 Å². The first-order chi connectivity index (χ1) is 8.41. The summed E-state index contributed by atoms with van der Waals surface area (Å²) in [6, 6.07) is -0.774. The van der Waals surface area contributed by atoms with E-state index in [9.17, 15) is 14.4 Å². The monoisotopic (exact) mass is 250 g/mol. The van der Waals surface area contributed by atoms with Crippen LogP contribution in [0.25, 0.3) is 0 Å². The van der Waals surface area contributed by atoms with Crippen molar-refractivity contribution < 1.29 is 14.4 Å². The van der Waals surface area contributed by atoms with E-state index in [1.165, 1.54) is 7.05 Å². The summed E-state index contributed by atoms with van der Waals surface area (Å²) in [5.74, 6) is -1.06. The van der Waals surface area contributed by atoms with Gasteiger partial charge < -0.3 is 5.32 Å². The fraction of sp³-hybridized carbons (Fsp3) is 0.455. The summed E-state index contributed by atoms with van der Waals surface area (Å²) in [6.07, 6.45) is 0.0109. The molecule has 0 saturated carbocycles. The third-order valence-corrected chi connectivity index (χ3v) is 3.04.